The van der Waals surface area contributed by atoms with Gasteiger partial charge in [-0.1, -0.05) is 60.3 Å². The van der Waals surface area contributed by atoms with Crippen LogP contribution < -0.4 is 0 Å². The Balaban J connectivity index is 2.85. The maximum absolute atomic E-state index is 10.0. The molecule has 1 fully saturated rings. The molecule has 0 heterocycles. The minimum absolute atomic E-state index is 0.388. The van der Waals surface area contributed by atoms with Crippen molar-refractivity contribution in [2.75, 3.05) is 0 Å². The van der Waals surface area contributed by atoms with Crippen LogP contribution in [0.5, 0.6) is 0 Å². The van der Waals surface area contributed by atoms with Crippen LogP contribution in [0.4, 0.5) is 0 Å². The molecular weight excluding hydrogens is 236 g/mol. The average Bonchev–Trinajstić information content (AvgIpc) is 3.00. The van der Waals surface area contributed by atoms with Crippen molar-refractivity contribution >= 4 is 8.07 Å². The summed E-state index contributed by atoms with van der Waals surface area (Å²) in [7, 11) is -1.64. The SMILES string of the molecule is CC(C)[Si](C#CC(O)CC1CC1)(C(C)C)C(C)C. The van der Waals surface area contributed by atoms with Crippen LogP contribution in [-0.2, 0) is 0 Å². The van der Waals surface area contributed by atoms with Crippen LogP contribution in [0.15, 0.2) is 0 Å². The van der Waals surface area contributed by atoms with E-state index >= 15 is 0 Å². The van der Waals surface area contributed by atoms with Gasteiger partial charge >= 0.3 is 0 Å². The fraction of sp³-hybridized carbons (Fsp3) is 0.875. The fourth-order valence-electron chi connectivity index (χ4n) is 3.37. The normalized spacial score (nSPS) is 18.1. The zero-order chi connectivity index (χ0) is 13.9. The minimum Gasteiger partial charge on any atom is -0.380 e. The molecule has 0 aliphatic heterocycles. The van der Waals surface area contributed by atoms with Crippen molar-refractivity contribution in [1.82, 2.24) is 0 Å². The van der Waals surface area contributed by atoms with Gasteiger partial charge in [-0.15, -0.1) is 5.54 Å². The molecule has 0 saturated heterocycles. The Morgan fingerprint density at radius 1 is 1.00 bits per heavy atom. The van der Waals surface area contributed by atoms with Gasteiger partial charge in [0.15, 0.2) is 0 Å². The standard InChI is InChI=1S/C16H30OSi/c1-12(2)18(13(3)4,14(5)6)10-9-16(17)11-15-7-8-15/h12-17H,7-8,11H2,1-6H3. The number of aliphatic hydroxyl groups is 1. The molecule has 2 heteroatoms. The lowest BCUT2D eigenvalue weighted by molar-refractivity contribution is 0.214. The van der Waals surface area contributed by atoms with E-state index in [1.54, 1.807) is 0 Å². The predicted octanol–water partition coefficient (Wildman–Crippen LogP) is 4.37. The monoisotopic (exact) mass is 266 g/mol. The summed E-state index contributed by atoms with van der Waals surface area (Å²) in [4.78, 5) is 0. The van der Waals surface area contributed by atoms with Crippen molar-refractivity contribution in [2.45, 2.75) is 83.5 Å². The first kappa shape index (κ1) is 15.8. The highest BCUT2D eigenvalue weighted by atomic mass is 28.3. The molecule has 0 radical (unpaired) electrons. The fourth-order valence-corrected chi connectivity index (χ4v) is 8.65. The second kappa shape index (κ2) is 6.26. The van der Waals surface area contributed by atoms with Crippen LogP contribution in [0.1, 0.15) is 60.8 Å². The Morgan fingerprint density at radius 2 is 1.44 bits per heavy atom. The van der Waals surface area contributed by atoms with Gasteiger partial charge in [-0.25, -0.2) is 0 Å². The molecule has 0 amide bonds. The van der Waals surface area contributed by atoms with E-state index in [9.17, 15) is 5.11 Å². The summed E-state index contributed by atoms with van der Waals surface area (Å²) in [6.45, 7) is 13.9. The first-order valence-electron chi connectivity index (χ1n) is 7.51. The number of hydrogen-bond acceptors (Lipinski definition) is 1. The molecule has 1 rings (SSSR count). The maximum atomic E-state index is 10.0. The molecule has 1 N–H and O–H groups in total. The van der Waals surface area contributed by atoms with Crippen LogP contribution in [0, 0.1) is 17.4 Å². The van der Waals surface area contributed by atoms with E-state index in [0.717, 1.165) is 12.3 Å². The first-order valence-corrected chi connectivity index (χ1v) is 9.74. The van der Waals surface area contributed by atoms with Crippen molar-refractivity contribution < 1.29 is 5.11 Å². The van der Waals surface area contributed by atoms with Crippen LogP contribution in [0.2, 0.25) is 16.6 Å². The topological polar surface area (TPSA) is 20.2 Å². The molecule has 1 unspecified atom stereocenters. The molecule has 1 nitrogen and oxygen atoms in total. The van der Waals surface area contributed by atoms with Gasteiger partial charge < -0.3 is 5.11 Å². The maximum Gasteiger partial charge on any atom is 0.146 e. The van der Waals surface area contributed by atoms with Crippen LogP contribution in [-0.4, -0.2) is 19.3 Å². The Kier molecular flexibility index (Phi) is 5.49. The van der Waals surface area contributed by atoms with Crippen LogP contribution in [0.3, 0.4) is 0 Å². The summed E-state index contributed by atoms with van der Waals surface area (Å²) in [6, 6.07) is 0. The third kappa shape index (κ3) is 3.62. The highest BCUT2D eigenvalue weighted by Gasteiger charge is 2.41. The summed E-state index contributed by atoms with van der Waals surface area (Å²) < 4.78 is 0. The first-order chi connectivity index (χ1) is 8.30. The molecular formula is C16H30OSi. The third-order valence-electron chi connectivity index (χ3n) is 4.57. The van der Waals surface area contributed by atoms with E-state index in [2.05, 4.69) is 53.0 Å². The largest absolute Gasteiger partial charge is 0.380 e. The molecule has 1 saturated carbocycles. The van der Waals surface area contributed by atoms with Crippen LogP contribution in [0.25, 0.3) is 0 Å². The van der Waals surface area contributed by atoms with Crippen molar-refractivity contribution in [2.24, 2.45) is 5.92 Å². The molecule has 104 valence electrons. The molecule has 0 aromatic rings. The summed E-state index contributed by atoms with van der Waals surface area (Å²) in [5.74, 6) is 3.96. The lowest BCUT2D eigenvalue weighted by atomic mass is 10.2. The number of hydrogen-bond donors (Lipinski definition) is 1. The molecule has 0 bridgehead atoms. The molecule has 0 spiro atoms. The predicted molar refractivity (Wildman–Crippen MR) is 82.2 cm³/mol. The van der Waals surface area contributed by atoms with Gasteiger partial charge in [0, 0.05) is 0 Å². The highest BCUT2D eigenvalue weighted by molar-refractivity contribution is 6.90. The average molecular weight is 267 g/mol. The zero-order valence-electron chi connectivity index (χ0n) is 13.0. The third-order valence-corrected chi connectivity index (χ3v) is 10.9. The lowest BCUT2D eigenvalue weighted by Crippen LogP contribution is -2.43. The Labute approximate surface area is 114 Å². The van der Waals surface area contributed by atoms with Gasteiger partial charge in [0.1, 0.15) is 14.2 Å². The summed E-state index contributed by atoms with van der Waals surface area (Å²) >= 11 is 0. The summed E-state index contributed by atoms with van der Waals surface area (Å²) in [6.07, 6.45) is 3.09. The van der Waals surface area contributed by atoms with Gasteiger partial charge in [0.05, 0.1) is 0 Å². The van der Waals surface area contributed by atoms with Crippen molar-refractivity contribution in [3.63, 3.8) is 0 Å². The van der Waals surface area contributed by atoms with E-state index in [0.29, 0.717) is 16.6 Å². The van der Waals surface area contributed by atoms with E-state index in [1.807, 2.05) is 0 Å². The smallest absolute Gasteiger partial charge is 0.146 e. The van der Waals surface area contributed by atoms with E-state index in [1.165, 1.54) is 12.8 Å². The highest BCUT2D eigenvalue weighted by Crippen LogP contribution is 2.41. The molecule has 1 aliphatic carbocycles. The number of rotatable bonds is 5. The quantitative estimate of drug-likeness (QED) is 0.579. The van der Waals surface area contributed by atoms with E-state index in [4.69, 9.17) is 0 Å². The lowest BCUT2D eigenvalue weighted by Gasteiger charge is -2.38. The van der Waals surface area contributed by atoms with Gasteiger partial charge in [-0.2, -0.15) is 0 Å². The van der Waals surface area contributed by atoms with E-state index in [-0.39, 0.29) is 6.10 Å². The van der Waals surface area contributed by atoms with Gasteiger partial charge in [-0.05, 0) is 29.0 Å². The zero-order valence-corrected chi connectivity index (χ0v) is 14.0. The Hall–Kier alpha value is -0.263. The second-order valence-electron chi connectivity index (χ2n) is 6.86. The molecule has 0 aromatic heterocycles. The van der Waals surface area contributed by atoms with Crippen molar-refractivity contribution in [3.8, 4) is 11.5 Å². The second-order valence-corrected chi connectivity index (χ2v) is 12.4. The van der Waals surface area contributed by atoms with E-state index < -0.39 is 8.07 Å². The Morgan fingerprint density at radius 3 is 1.78 bits per heavy atom. The van der Waals surface area contributed by atoms with Crippen molar-refractivity contribution in [3.05, 3.63) is 0 Å². The molecule has 1 atom stereocenters. The van der Waals surface area contributed by atoms with Gasteiger partial charge in [0.2, 0.25) is 0 Å². The summed E-state index contributed by atoms with van der Waals surface area (Å²) in [5, 5.41) is 10.0. The summed E-state index contributed by atoms with van der Waals surface area (Å²) in [5.41, 5.74) is 5.56. The minimum atomic E-state index is -1.64. The molecule has 0 aromatic carbocycles. The van der Waals surface area contributed by atoms with Crippen LogP contribution >= 0.6 is 0 Å². The van der Waals surface area contributed by atoms with Gasteiger partial charge in [-0.3, -0.25) is 0 Å². The van der Waals surface area contributed by atoms with Gasteiger partial charge in [0.25, 0.3) is 0 Å². The Bertz CT molecular complexity index is 296. The molecule has 1 aliphatic rings. The van der Waals surface area contributed by atoms with Crippen molar-refractivity contribution in [1.29, 1.82) is 0 Å². The number of aliphatic hydroxyl groups excluding tert-OH is 1. The molecule has 18 heavy (non-hydrogen) atoms.